The Bertz CT molecular complexity index is 658. The molecule has 3 nitrogen and oxygen atoms in total. The van der Waals surface area contributed by atoms with Crippen molar-refractivity contribution >= 4 is 17.3 Å². The van der Waals surface area contributed by atoms with Crippen molar-refractivity contribution in [2.75, 3.05) is 5.32 Å². The number of nitrogens with zero attached hydrogens (tertiary/aromatic N) is 1. The third-order valence-corrected chi connectivity index (χ3v) is 2.84. The van der Waals surface area contributed by atoms with Crippen LogP contribution in [0, 0.1) is 11.3 Å². The van der Waals surface area contributed by atoms with Gasteiger partial charge in [0.2, 0.25) is 5.76 Å². The van der Waals surface area contributed by atoms with E-state index in [9.17, 15) is 13.2 Å². The number of alkyl halides is 3. The lowest BCUT2D eigenvalue weighted by molar-refractivity contribution is -0.137. The summed E-state index contributed by atoms with van der Waals surface area (Å²) in [6, 6.07) is 8.42. The van der Waals surface area contributed by atoms with Crippen LogP contribution in [0.4, 0.5) is 18.9 Å². The number of nitrogens with one attached hydrogen (secondary N) is 1. The molecule has 2 rings (SSSR count). The Balaban J connectivity index is 2.12. The van der Waals surface area contributed by atoms with Crippen LogP contribution in [-0.4, -0.2) is 0 Å². The third-order valence-electron chi connectivity index (χ3n) is 2.51. The number of anilines is 1. The van der Waals surface area contributed by atoms with E-state index in [0.29, 0.717) is 5.76 Å². The lowest BCUT2D eigenvalue weighted by atomic mass is 10.2. The minimum absolute atomic E-state index is 0.147. The standard InChI is InChI=1S/C13H8ClF3N2O/c14-12-4-1-8(5-11(12)13(15,16)17)19-7-10-3-2-9(6-18)20-10/h1-5,19H,7H2. The quantitative estimate of drug-likeness (QED) is 0.912. The zero-order valence-corrected chi connectivity index (χ0v) is 10.7. The molecular formula is C13H8ClF3N2O. The van der Waals surface area contributed by atoms with Crippen LogP contribution in [0.3, 0.4) is 0 Å². The van der Waals surface area contributed by atoms with Gasteiger partial charge >= 0.3 is 6.18 Å². The fourth-order valence-electron chi connectivity index (χ4n) is 1.57. The SMILES string of the molecule is N#Cc1ccc(CNc2ccc(Cl)c(C(F)(F)F)c2)o1. The van der Waals surface area contributed by atoms with Gasteiger partial charge in [-0.15, -0.1) is 0 Å². The summed E-state index contributed by atoms with van der Waals surface area (Å²) in [5.74, 6) is 0.596. The van der Waals surface area contributed by atoms with Gasteiger partial charge in [0.25, 0.3) is 0 Å². The molecule has 7 heteroatoms. The van der Waals surface area contributed by atoms with Crippen LogP contribution in [0.15, 0.2) is 34.7 Å². The molecule has 0 amide bonds. The van der Waals surface area contributed by atoms with Crippen molar-refractivity contribution in [1.82, 2.24) is 0 Å². The summed E-state index contributed by atoms with van der Waals surface area (Å²) in [7, 11) is 0. The number of halogens is 4. The molecule has 1 aromatic heterocycles. The molecule has 2 aromatic rings. The number of hydrogen-bond donors (Lipinski definition) is 1. The Morgan fingerprint density at radius 3 is 2.60 bits per heavy atom. The lowest BCUT2D eigenvalue weighted by Crippen LogP contribution is -2.07. The van der Waals surface area contributed by atoms with Gasteiger partial charge in [0.15, 0.2) is 0 Å². The van der Waals surface area contributed by atoms with Gasteiger partial charge in [-0.05, 0) is 30.3 Å². The molecule has 0 spiro atoms. The molecule has 0 unspecified atom stereocenters. The van der Waals surface area contributed by atoms with Crippen LogP contribution >= 0.6 is 11.6 Å². The van der Waals surface area contributed by atoms with Crippen LogP contribution in [0.5, 0.6) is 0 Å². The Hall–Kier alpha value is -2.13. The summed E-state index contributed by atoms with van der Waals surface area (Å²) in [6.07, 6.45) is -4.51. The van der Waals surface area contributed by atoms with Gasteiger partial charge in [-0.3, -0.25) is 0 Å². The van der Waals surface area contributed by atoms with Crippen LogP contribution in [0.1, 0.15) is 17.1 Å². The molecule has 1 N–H and O–H groups in total. The van der Waals surface area contributed by atoms with Gasteiger partial charge in [-0.25, -0.2) is 0 Å². The molecule has 1 heterocycles. The number of furan rings is 1. The van der Waals surface area contributed by atoms with Gasteiger partial charge in [-0.1, -0.05) is 11.6 Å². The second-order valence-electron chi connectivity index (χ2n) is 3.92. The molecule has 1 aromatic carbocycles. The Morgan fingerprint density at radius 1 is 1.25 bits per heavy atom. The van der Waals surface area contributed by atoms with E-state index in [4.69, 9.17) is 21.3 Å². The molecular weight excluding hydrogens is 293 g/mol. The average Bonchev–Trinajstić information content (AvgIpc) is 2.84. The first-order chi connectivity index (χ1) is 9.40. The van der Waals surface area contributed by atoms with Gasteiger partial charge in [0.1, 0.15) is 11.8 Å². The fourth-order valence-corrected chi connectivity index (χ4v) is 1.80. The van der Waals surface area contributed by atoms with E-state index in [1.807, 2.05) is 6.07 Å². The molecule has 0 aliphatic rings. The van der Waals surface area contributed by atoms with Gasteiger partial charge in [0, 0.05) is 5.69 Å². The summed E-state index contributed by atoms with van der Waals surface area (Å²) in [4.78, 5) is 0. The number of hydrogen-bond acceptors (Lipinski definition) is 3. The number of rotatable bonds is 3. The predicted octanol–water partition coefficient (Wildman–Crippen LogP) is 4.44. The maximum absolute atomic E-state index is 12.7. The maximum atomic E-state index is 12.7. The van der Waals surface area contributed by atoms with Crippen LogP contribution in [-0.2, 0) is 12.7 Å². The predicted molar refractivity (Wildman–Crippen MR) is 67.2 cm³/mol. The van der Waals surface area contributed by atoms with E-state index in [-0.39, 0.29) is 23.0 Å². The highest BCUT2D eigenvalue weighted by Gasteiger charge is 2.33. The van der Waals surface area contributed by atoms with Crippen molar-refractivity contribution in [2.24, 2.45) is 0 Å². The second-order valence-corrected chi connectivity index (χ2v) is 4.33. The first-order valence-electron chi connectivity index (χ1n) is 5.49. The van der Waals surface area contributed by atoms with E-state index < -0.39 is 11.7 Å². The second kappa shape index (κ2) is 5.47. The van der Waals surface area contributed by atoms with Crippen molar-refractivity contribution in [3.05, 3.63) is 52.4 Å². The van der Waals surface area contributed by atoms with Gasteiger partial charge in [0.05, 0.1) is 17.1 Å². The highest BCUT2D eigenvalue weighted by molar-refractivity contribution is 6.31. The van der Waals surface area contributed by atoms with Crippen molar-refractivity contribution in [1.29, 1.82) is 5.26 Å². The van der Waals surface area contributed by atoms with E-state index in [2.05, 4.69) is 5.32 Å². The summed E-state index contributed by atoms with van der Waals surface area (Å²) < 4.78 is 43.1. The van der Waals surface area contributed by atoms with E-state index in [1.165, 1.54) is 18.2 Å². The molecule has 0 aliphatic carbocycles. The summed E-state index contributed by atoms with van der Waals surface area (Å²) in [5.41, 5.74) is -0.641. The molecule has 0 bridgehead atoms. The number of benzene rings is 1. The molecule has 0 fully saturated rings. The third kappa shape index (κ3) is 3.25. The fraction of sp³-hybridized carbons (Fsp3) is 0.154. The molecule has 0 saturated carbocycles. The molecule has 0 saturated heterocycles. The van der Waals surface area contributed by atoms with Crippen molar-refractivity contribution in [2.45, 2.75) is 12.7 Å². The van der Waals surface area contributed by atoms with Crippen LogP contribution in [0.25, 0.3) is 0 Å². The Morgan fingerprint density at radius 2 is 2.00 bits per heavy atom. The zero-order chi connectivity index (χ0) is 14.8. The van der Waals surface area contributed by atoms with Gasteiger partial charge < -0.3 is 9.73 Å². The Labute approximate surface area is 117 Å². The number of nitriles is 1. The smallest absolute Gasteiger partial charge is 0.417 e. The summed E-state index contributed by atoms with van der Waals surface area (Å²) in [5, 5.41) is 11.0. The van der Waals surface area contributed by atoms with E-state index >= 15 is 0 Å². The minimum Gasteiger partial charge on any atom is -0.449 e. The molecule has 20 heavy (non-hydrogen) atoms. The van der Waals surface area contributed by atoms with E-state index in [0.717, 1.165) is 6.07 Å². The topological polar surface area (TPSA) is 49.0 Å². The average molecular weight is 301 g/mol. The monoisotopic (exact) mass is 300 g/mol. The highest BCUT2D eigenvalue weighted by Crippen LogP contribution is 2.36. The molecule has 0 radical (unpaired) electrons. The lowest BCUT2D eigenvalue weighted by Gasteiger charge is -2.11. The maximum Gasteiger partial charge on any atom is 0.417 e. The van der Waals surface area contributed by atoms with Crippen LogP contribution < -0.4 is 5.32 Å². The van der Waals surface area contributed by atoms with Gasteiger partial charge in [-0.2, -0.15) is 18.4 Å². The normalized spacial score (nSPS) is 11.2. The minimum atomic E-state index is -4.51. The highest BCUT2D eigenvalue weighted by atomic mass is 35.5. The largest absolute Gasteiger partial charge is 0.449 e. The van der Waals surface area contributed by atoms with Crippen molar-refractivity contribution < 1.29 is 17.6 Å². The molecule has 0 atom stereocenters. The first-order valence-corrected chi connectivity index (χ1v) is 5.87. The zero-order valence-electron chi connectivity index (χ0n) is 9.96. The summed E-state index contributed by atoms with van der Waals surface area (Å²) >= 11 is 5.52. The van der Waals surface area contributed by atoms with Crippen molar-refractivity contribution in [3.63, 3.8) is 0 Å². The molecule has 104 valence electrons. The summed E-state index contributed by atoms with van der Waals surface area (Å²) in [6.45, 7) is 0.167. The van der Waals surface area contributed by atoms with Crippen molar-refractivity contribution in [3.8, 4) is 6.07 Å². The van der Waals surface area contributed by atoms with Crippen LogP contribution in [0.2, 0.25) is 5.02 Å². The Kier molecular flexibility index (Phi) is 3.91. The first kappa shape index (κ1) is 14.3. The molecule has 0 aliphatic heterocycles. The van der Waals surface area contributed by atoms with E-state index in [1.54, 1.807) is 6.07 Å².